The molecule has 0 spiro atoms. The van der Waals surface area contributed by atoms with Gasteiger partial charge in [-0.2, -0.15) is 4.98 Å². The van der Waals surface area contributed by atoms with E-state index >= 15 is 0 Å². The van der Waals surface area contributed by atoms with Crippen LogP contribution in [0, 0.1) is 0 Å². The average Bonchev–Trinajstić information content (AvgIpc) is 2.36. The molecule has 16 heavy (non-hydrogen) atoms. The summed E-state index contributed by atoms with van der Waals surface area (Å²) >= 11 is 0. The molecule has 0 aliphatic carbocycles. The van der Waals surface area contributed by atoms with Gasteiger partial charge in [-0.25, -0.2) is 4.98 Å². The van der Waals surface area contributed by atoms with Crippen LogP contribution < -0.4 is 10.1 Å². The van der Waals surface area contributed by atoms with Gasteiger partial charge < -0.3 is 14.8 Å². The molecule has 5 heteroatoms. The van der Waals surface area contributed by atoms with Crippen LogP contribution in [0.15, 0.2) is 0 Å². The molecule has 1 aliphatic rings. The van der Waals surface area contributed by atoms with E-state index in [1.807, 2.05) is 14.0 Å². The summed E-state index contributed by atoms with van der Waals surface area (Å²) in [4.78, 5) is 8.94. The van der Waals surface area contributed by atoms with Crippen molar-refractivity contribution in [2.75, 3.05) is 20.8 Å². The van der Waals surface area contributed by atoms with Crippen LogP contribution in [0.3, 0.4) is 0 Å². The van der Waals surface area contributed by atoms with Gasteiger partial charge in [0.15, 0.2) is 0 Å². The first kappa shape index (κ1) is 11.3. The van der Waals surface area contributed by atoms with Gasteiger partial charge >= 0.3 is 0 Å². The summed E-state index contributed by atoms with van der Waals surface area (Å²) in [5.41, 5.74) is 2.04. The van der Waals surface area contributed by atoms with E-state index in [2.05, 4.69) is 15.3 Å². The number of methoxy groups -OCH3 is 1. The number of ether oxygens (including phenoxy) is 2. The summed E-state index contributed by atoms with van der Waals surface area (Å²) in [7, 11) is 3.53. The average molecular weight is 223 g/mol. The second kappa shape index (κ2) is 4.76. The molecular formula is C11H17N3O2. The van der Waals surface area contributed by atoms with Crippen LogP contribution in [0.5, 0.6) is 5.88 Å². The van der Waals surface area contributed by atoms with Crippen molar-refractivity contribution in [3.05, 3.63) is 17.1 Å². The van der Waals surface area contributed by atoms with Crippen molar-refractivity contribution in [2.24, 2.45) is 0 Å². The number of fused-ring (bicyclic) bond motifs is 1. The standard InChI is InChI=1S/C11H17N3O2/c1-7(12-2)10-13-9-6-16-5-4-8(9)11(14-10)15-3/h7,12H,4-6H2,1-3H3. The van der Waals surface area contributed by atoms with E-state index in [4.69, 9.17) is 9.47 Å². The highest BCUT2D eigenvalue weighted by Crippen LogP contribution is 2.25. The Morgan fingerprint density at radius 1 is 1.44 bits per heavy atom. The van der Waals surface area contributed by atoms with Crippen LogP contribution in [0.4, 0.5) is 0 Å². The fourth-order valence-electron chi connectivity index (χ4n) is 1.73. The van der Waals surface area contributed by atoms with Gasteiger partial charge in [0, 0.05) is 12.0 Å². The lowest BCUT2D eigenvalue weighted by Crippen LogP contribution is -2.21. The van der Waals surface area contributed by atoms with Gasteiger partial charge in [-0.05, 0) is 14.0 Å². The van der Waals surface area contributed by atoms with Crippen LogP contribution in [0.2, 0.25) is 0 Å². The van der Waals surface area contributed by atoms with Gasteiger partial charge in [0.25, 0.3) is 0 Å². The Kier molecular flexibility index (Phi) is 3.36. The maximum absolute atomic E-state index is 5.40. The molecule has 0 bridgehead atoms. The number of aromatic nitrogens is 2. The van der Waals surface area contributed by atoms with E-state index in [1.165, 1.54) is 0 Å². The molecule has 88 valence electrons. The molecule has 0 amide bonds. The SMILES string of the molecule is CNC(C)c1nc2c(c(OC)n1)CCOC2. The molecule has 1 atom stereocenters. The molecule has 2 heterocycles. The predicted octanol–water partition coefficient (Wildman–Crippen LogP) is 0.838. The second-order valence-electron chi connectivity index (χ2n) is 3.83. The van der Waals surface area contributed by atoms with Crippen LogP contribution in [0.1, 0.15) is 30.0 Å². The topological polar surface area (TPSA) is 56.3 Å². The molecular weight excluding hydrogens is 206 g/mol. The Morgan fingerprint density at radius 3 is 2.94 bits per heavy atom. The Hall–Kier alpha value is -1.20. The first-order valence-electron chi connectivity index (χ1n) is 5.45. The van der Waals surface area contributed by atoms with E-state index in [0.717, 1.165) is 23.5 Å². The number of nitrogens with one attached hydrogen (secondary N) is 1. The third-order valence-electron chi connectivity index (χ3n) is 2.82. The zero-order valence-electron chi connectivity index (χ0n) is 9.91. The summed E-state index contributed by atoms with van der Waals surface area (Å²) in [5.74, 6) is 1.44. The Balaban J connectivity index is 2.43. The molecule has 1 aliphatic heterocycles. The highest BCUT2D eigenvalue weighted by Gasteiger charge is 2.20. The van der Waals surface area contributed by atoms with E-state index in [-0.39, 0.29) is 6.04 Å². The molecule has 0 saturated heterocycles. The highest BCUT2D eigenvalue weighted by molar-refractivity contribution is 5.32. The molecule has 0 radical (unpaired) electrons. The van der Waals surface area contributed by atoms with Crippen molar-refractivity contribution in [2.45, 2.75) is 26.0 Å². The van der Waals surface area contributed by atoms with E-state index in [0.29, 0.717) is 19.1 Å². The summed E-state index contributed by atoms with van der Waals surface area (Å²) < 4.78 is 10.7. The summed E-state index contributed by atoms with van der Waals surface area (Å²) in [5, 5.41) is 3.12. The number of hydrogen-bond donors (Lipinski definition) is 1. The quantitative estimate of drug-likeness (QED) is 0.823. The summed E-state index contributed by atoms with van der Waals surface area (Å²) in [6, 6.07) is 0.112. The van der Waals surface area contributed by atoms with Gasteiger partial charge in [-0.1, -0.05) is 0 Å². The van der Waals surface area contributed by atoms with Crippen molar-refractivity contribution >= 4 is 0 Å². The molecule has 1 N–H and O–H groups in total. The van der Waals surface area contributed by atoms with Crippen LogP contribution in [-0.4, -0.2) is 30.7 Å². The largest absolute Gasteiger partial charge is 0.481 e. The lowest BCUT2D eigenvalue weighted by Gasteiger charge is -2.20. The molecule has 1 aromatic heterocycles. The first-order valence-corrected chi connectivity index (χ1v) is 5.45. The minimum atomic E-state index is 0.112. The van der Waals surface area contributed by atoms with Crippen LogP contribution >= 0.6 is 0 Å². The van der Waals surface area contributed by atoms with Crippen LogP contribution in [-0.2, 0) is 17.8 Å². The van der Waals surface area contributed by atoms with Gasteiger partial charge in [-0.3, -0.25) is 0 Å². The maximum atomic E-state index is 5.40. The first-order chi connectivity index (χ1) is 7.76. The van der Waals surface area contributed by atoms with Crippen molar-refractivity contribution in [1.82, 2.24) is 15.3 Å². The summed E-state index contributed by atoms with van der Waals surface area (Å²) in [6.45, 7) is 3.29. The Labute approximate surface area is 95.2 Å². The number of hydrogen-bond acceptors (Lipinski definition) is 5. The van der Waals surface area contributed by atoms with Crippen molar-refractivity contribution in [3.63, 3.8) is 0 Å². The predicted molar refractivity (Wildman–Crippen MR) is 59.4 cm³/mol. The van der Waals surface area contributed by atoms with E-state index < -0.39 is 0 Å². The van der Waals surface area contributed by atoms with Crippen molar-refractivity contribution < 1.29 is 9.47 Å². The summed E-state index contributed by atoms with van der Waals surface area (Å²) in [6.07, 6.45) is 0.826. The normalized spacial score (nSPS) is 16.7. The smallest absolute Gasteiger partial charge is 0.220 e. The zero-order chi connectivity index (χ0) is 11.5. The molecule has 5 nitrogen and oxygen atoms in total. The lowest BCUT2D eigenvalue weighted by molar-refractivity contribution is 0.105. The van der Waals surface area contributed by atoms with Gasteiger partial charge in [-0.15, -0.1) is 0 Å². The van der Waals surface area contributed by atoms with Crippen molar-refractivity contribution in [3.8, 4) is 5.88 Å². The minimum absolute atomic E-state index is 0.112. The molecule has 0 aromatic carbocycles. The van der Waals surface area contributed by atoms with Crippen LogP contribution in [0.25, 0.3) is 0 Å². The molecule has 0 saturated carbocycles. The van der Waals surface area contributed by atoms with E-state index in [9.17, 15) is 0 Å². The van der Waals surface area contributed by atoms with Gasteiger partial charge in [0.05, 0.1) is 32.1 Å². The van der Waals surface area contributed by atoms with Gasteiger partial charge in [0.1, 0.15) is 5.82 Å². The lowest BCUT2D eigenvalue weighted by atomic mass is 10.1. The molecule has 2 rings (SSSR count). The fourth-order valence-corrected chi connectivity index (χ4v) is 1.73. The fraction of sp³-hybridized carbons (Fsp3) is 0.636. The minimum Gasteiger partial charge on any atom is -0.481 e. The third-order valence-corrected chi connectivity index (χ3v) is 2.82. The third kappa shape index (κ3) is 2.01. The monoisotopic (exact) mass is 223 g/mol. The Morgan fingerprint density at radius 2 is 2.25 bits per heavy atom. The zero-order valence-corrected chi connectivity index (χ0v) is 9.91. The van der Waals surface area contributed by atoms with Gasteiger partial charge in [0.2, 0.25) is 5.88 Å². The number of nitrogens with zero attached hydrogens (tertiary/aromatic N) is 2. The van der Waals surface area contributed by atoms with E-state index in [1.54, 1.807) is 7.11 Å². The molecule has 1 aromatic rings. The maximum Gasteiger partial charge on any atom is 0.220 e. The highest BCUT2D eigenvalue weighted by atomic mass is 16.5. The molecule has 1 unspecified atom stereocenters. The molecule has 0 fully saturated rings. The number of rotatable bonds is 3. The second-order valence-corrected chi connectivity index (χ2v) is 3.83. The Bertz CT molecular complexity index is 364. The van der Waals surface area contributed by atoms with Crippen molar-refractivity contribution in [1.29, 1.82) is 0 Å².